The second-order valence-corrected chi connectivity index (χ2v) is 11.5. The molecule has 0 unspecified atom stereocenters. The van der Waals surface area contributed by atoms with Gasteiger partial charge in [-0.05, 0) is 122 Å². The zero-order chi connectivity index (χ0) is 22.3. The molecule has 0 spiro atoms. The molecular weight excluding hydrogens is 753 g/mol. The van der Waals surface area contributed by atoms with Crippen LogP contribution in [-0.4, -0.2) is 29.9 Å². The highest BCUT2D eigenvalue weighted by Crippen LogP contribution is 2.36. The molecule has 0 aliphatic carbocycles. The number of aromatic amines is 2. The Balaban J connectivity index is 1.76. The Bertz CT molecular complexity index is 1870. The van der Waals surface area contributed by atoms with Crippen molar-refractivity contribution in [3.63, 3.8) is 0 Å². The molecule has 6 aromatic rings. The number of fused-ring (bicyclic) bond motifs is 15. The first-order valence-electron chi connectivity index (χ1n) is 10.1. The Morgan fingerprint density at radius 1 is 0.455 bits per heavy atom. The predicted molar refractivity (Wildman–Crippen MR) is 157 cm³/mol. The lowest BCUT2D eigenvalue weighted by atomic mass is 10.1. The van der Waals surface area contributed by atoms with Crippen LogP contribution in [0.3, 0.4) is 0 Å². The highest BCUT2D eigenvalue weighted by molar-refractivity contribution is 14.1. The van der Waals surface area contributed by atoms with Crippen molar-refractivity contribution in [2.24, 2.45) is 0 Å². The van der Waals surface area contributed by atoms with Crippen LogP contribution in [0.1, 0.15) is 0 Å². The van der Waals surface area contributed by atoms with Crippen molar-refractivity contribution in [3.05, 3.63) is 65.3 Å². The fourth-order valence-electron chi connectivity index (χ4n) is 4.30. The molecule has 3 aromatic carbocycles. The molecule has 0 radical (unpaired) electrons. The topological polar surface area (TPSA) is 83.1 Å². The Morgan fingerprint density at radius 2 is 0.939 bits per heavy atom. The first-order valence-corrected chi connectivity index (χ1v) is 13.3. The van der Waals surface area contributed by atoms with Crippen molar-refractivity contribution in [1.29, 1.82) is 0 Å². The third-order valence-corrected chi connectivity index (χ3v) is 7.80. The average Bonchev–Trinajstić information content (AvgIpc) is 3.41. The smallest absolute Gasteiger partial charge is 0.164 e. The summed E-state index contributed by atoms with van der Waals surface area (Å²) in [5.74, 6) is 1.31. The number of rotatable bonds is 0. The van der Waals surface area contributed by atoms with E-state index in [9.17, 15) is 0 Å². The summed E-state index contributed by atoms with van der Waals surface area (Å²) in [7, 11) is 0. The molecule has 0 fully saturated rings. The van der Waals surface area contributed by atoms with Gasteiger partial charge in [-0.2, -0.15) is 0 Å². The van der Waals surface area contributed by atoms with Crippen LogP contribution in [0.15, 0.2) is 54.6 Å². The van der Waals surface area contributed by atoms with E-state index in [1.54, 1.807) is 0 Å². The van der Waals surface area contributed by atoms with E-state index in [0.717, 1.165) is 66.0 Å². The molecule has 0 atom stereocenters. The summed E-state index contributed by atoms with van der Waals surface area (Å²) in [5.41, 5.74) is 4.99. The van der Waals surface area contributed by atoms with Crippen molar-refractivity contribution in [1.82, 2.24) is 29.9 Å². The molecule has 3 aromatic heterocycles. The van der Waals surface area contributed by atoms with Crippen LogP contribution >= 0.6 is 67.8 Å². The Labute approximate surface area is 227 Å². The Kier molecular flexibility index (Phi) is 4.56. The molecule has 0 amide bonds. The van der Waals surface area contributed by atoms with Crippen LogP contribution in [0.2, 0.25) is 0 Å². The second-order valence-electron chi connectivity index (χ2n) is 7.81. The van der Waals surface area contributed by atoms with Gasteiger partial charge in [0.1, 0.15) is 22.6 Å². The van der Waals surface area contributed by atoms with E-state index in [4.69, 9.17) is 19.9 Å². The summed E-state index contributed by atoms with van der Waals surface area (Å²) < 4.78 is 3.40. The van der Waals surface area contributed by atoms with Crippen molar-refractivity contribution >= 4 is 112 Å². The zero-order valence-electron chi connectivity index (χ0n) is 16.6. The Morgan fingerprint density at radius 3 is 1.55 bits per heavy atom. The molecule has 6 bridgehead atoms. The SMILES string of the molecule is Ic1ccc2c(c1)-c1nc-2nc2[nH]c(nc3[nH]c(n1)c1cc(I)ccc31)c1ccc(I)cc21. The largest absolute Gasteiger partial charge is 0.324 e. The van der Waals surface area contributed by atoms with Gasteiger partial charge in [-0.1, -0.05) is 0 Å². The number of halogens is 3. The maximum Gasteiger partial charge on any atom is 0.164 e. The number of hydrogen-bond donors (Lipinski definition) is 2. The van der Waals surface area contributed by atoms with Crippen LogP contribution in [0.25, 0.3) is 66.9 Å². The van der Waals surface area contributed by atoms with Gasteiger partial charge in [0.05, 0.1) is 0 Å². The summed E-state index contributed by atoms with van der Waals surface area (Å²) >= 11 is 6.98. The molecular formula is C24H11I3N6. The first kappa shape index (κ1) is 20.3. The summed E-state index contributed by atoms with van der Waals surface area (Å²) in [6.45, 7) is 0. The lowest BCUT2D eigenvalue weighted by Gasteiger charge is -1.99. The first-order chi connectivity index (χ1) is 16.0. The van der Waals surface area contributed by atoms with E-state index < -0.39 is 0 Å². The highest BCUT2D eigenvalue weighted by Gasteiger charge is 2.20. The molecule has 1 aliphatic heterocycles. The number of hydrogen-bond acceptors (Lipinski definition) is 4. The van der Waals surface area contributed by atoms with E-state index in [1.165, 1.54) is 0 Å². The van der Waals surface area contributed by atoms with Crippen LogP contribution in [-0.2, 0) is 0 Å². The molecule has 1 aliphatic rings. The number of nitrogens with one attached hydrogen (secondary N) is 2. The Hall–Kier alpha value is -2.13. The maximum atomic E-state index is 5.00. The molecule has 2 N–H and O–H groups in total. The predicted octanol–water partition coefficient (Wildman–Crippen LogP) is 7.12. The lowest BCUT2D eigenvalue weighted by Crippen LogP contribution is -1.83. The van der Waals surface area contributed by atoms with Crippen molar-refractivity contribution in [3.8, 4) is 22.8 Å². The molecule has 4 heterocycles. The van der Waals surface area contributed by atoms with Gasteiger partial charge in [0.2, 0.25) is 0 Å². The van der Waals surface area contributed by atoms with Crippen LogP contribution < -0.4 is 0 Å². The number of H-pyrrole nitrogens is 2. The molecule has 6 nitrogen and oxygen atoms in total. The van der Waals surface area contributed by atoms with Crippen molar-refractivity contribution in [2.75, 3.05) is 0 Å². The summed E-state index contributed by atoms with van der Waals surface area (Å²) in [6.07, 6.45) is 0. The van der Waals surface area contributed by atoms with E-state index >= 15 is 0 Å². The van der Waals surface area contributed by atoms with Gasteiger partial charge in [0, 0.05) is 43.4 Å². The van der Waals surface area contributed by atoms with Crippen LogP contribution in [0.5, 0.6) is 0 Å². The monoisotopic (exact) mass is 764 g/mol. The van der Waals surface area contributed by atoms with Gasteiger partial charge in [-0.3, -0.25) is 0 Å². The minimum Gasteiger partial charge on any atom is -0.324 e. The van der Waals surface area contributed by atoms with E-state index in [1.807, 2.05) is 0 Å². The van der Waals surface area contributed by atoms with Gasteiger partial charge >= 0.3 is 0 Å². The van der Waals surface area contributed by atoms with Crippen LogP contribution in [0, 0.1) is 10.7 Å². The molecule has 158 valence electrons. The molecule has 33 heavy (non-hydrogen) atoms. The standard InChI is InChI=1S/C24H11I3N6/c25-10-1-4-13-16(7-10)22-29-19(13)28-20-14-5-2-11(26)8-17(14)23(30-20)33-24-18-9-12(27)3-6-15(18)21(31-22)32-24/h1-9H,(H2,28,29,30,31,32,33). The molecule has 0 saturated carbocycles. The lowest BCUT2D eigenvalue weighted by molar-refractivity contribution is 1.20. The minimum absolute atomic E-state index is 0.653. The second kappa shape index (κ2) is 7.43. The maximum absolute atomic E-state index is 5.00. The summed E-state index contributed by atoms with van der Waals surface area (Å²) in [4.78, 5) is 26.7. The number of nitrogens with zero attached hydrogens (tertiary/aromatic N) is 4. The van der Waals surface area contributed by atoms with E-state index in [2.05, 4.69) is 132 Å². The van der Waals surface area contributed by atoms with Gasteiger partial charge in [0.15, 0.2) is 11.6 Å². The third-order valence-electron chi connectivity index (χ3n) is 5.79. The molecule has 0 saturated heterocycles. The molecule has 9 heteroatoms. The van der Waals surface area contributed by atoms with Gasteiger partial charge in [-0.15, -0.1) is 0 Å². The van der Waals surface area contributed by atoms with Gasteiger partial charge in [0.25, 0.3) is 0 Å². The van der Waals surface area contributed by atoms with Crippen molar-refractivity contribution in [2.45, 2.75) is 0 Å². The normalized spacial score (nSPS) is 12.1. The van der Waals surface area contributed by atoms with Crippen molar-refractivity contribution < 1.29 is 0 Å². The minimum atomic E-state index is 0.653. The summed E-state index contributed by atoms with van der Waals surface area (Å²) in [6, 6.07) is 18.9. The van der Waals surface area contributed by atoms with Crippen LogP contribution in [0.4, 0.5) is 0 Å². The van der Waals surface area contributed by atoms with E-state index in [0.29, 0.717) is 11.6 Å². The quantitative estimate of drug-likeness (QED) is 0.161. The van der Waals surface area contributed by atoms with E-state index in [-0.39, 0.29) is 0 Å². The fraction of sp³-hybridized carbons (Fsp3) is 0. The molecule has 7 rings (SSSR count). The van der Waals surface area contributed by atoms with Gasteiger partial charge < -0.3 is 9.97 Å². The average molecular weight is 764 g/mol. The fourth-order valence-corrected chi connectivity index (χ4v) is 5.77. The third kappa shape index (κ3) is 3.22. The number of benzene rings is 3. The highest BCUT2D eigenvalue weighted by atomic mass is 127. The zero-order valence-corrected chi connectivity index (χ0v) is 23.1. The summed E-state index contributed by atoms with van der Waals surface area (Å²) in [5, 5.41) is 4.08. The number of aromatic nitrogens is 6. The van der Waals surface area contributed by atoms with Gasteiger partial charge in [-0.25, -0.2) is 19.9 Å².